The summed E-state index contributed by atoms with van der Waals surface area (Å²) in [6.45, 7) is 5.24. The maximum atomic E-state index is 13.7. The van der Waals surface area contributed by atoms with Gasteiger partial charge in [0.25, 0.3) is 0 Å². The third-order valence-corrected chi connectivity index (χ3v) is 7.76. The highest BCUT2D eigenvalue weighted by Gasteiger charge is 2.76. The molecule has 0 aromatic heterocycles. The van der Waals surface area contributed by atoms with E-state index in [0.29, 0.717) is 12.1 Å². The molecule has 3 saturated heterocycles. The van der Waals surface area contributed by atoms with E-state index in [2.05, 4.69) is 26.6 Å². The minimum atomic E-state index is -1.13. The van der Waals surface area contributed by atoms with E-state index in [4.69, 9.17) is 4.74 Å². The normalized spacial score (nSPS) is 34.6. The zero-order chi connectivity index (χ0) is 22.7. The van der Waals surface area contributed by atoms with Gasteiger partial charge in [-0.3, -0.25) is 14.4 Å². The molecule has 1 aromatic rings. The van der Waals surface area contributed by atoms with Gasteiger partial charge in [-0.15, -0.1) is 0 Å². The number of likely N-dealkylation sites (tertiary alicyclic amines) is 1. The first-order valence-electron chi connectivity index (χ1n) is 10.5. The topological polar surface area (TPSA) is 108 Å². The van der Waals surface area contributed by atoms with Crippen molar-refractivity contribution in [3.8, 4) is 0 Å². The quantitative estimate of drug-likeness (QED) is 0.532. The Hall–Kier alpha value is -1.97. The van der Waals surface area contributed by atoms with Gasteiger partial charge >= 0.3 is 0 Å². The number of aliphatic hydroxyl groups is 1. The van der Waals surface area contributed by atoms with E-state index in [1.165, 1.54) is 11.9 Å². The Morgan fingerprint density at radius 2 is 2.06 bits per heavy atom. The van der Waals surface area contributed by atoms with E-state index in [1.54, 1.807) is 6.92 Å². The monoisotopic (exact) mass is 493 g/mol. The molecule has 31 heavy (non-hydrogen) atoms. The summed E-state index contributed by atoms with van der Waals surface area (Å²) in [5, 5.41) is 15.4. The minimum Gasteiger partial charge on any atom is -0.394 e. The van der Waals surface area contributed by atoms with Gasteiger partial charge < -0.3 is 25.4 Å². The molecule has 1 aromatic carbocycles. The number of benzene rings is 1. The van der Waals surface area contributed by atoms with Crippen LogP contribution in [0.25, 0.3) is 0 Å². The lowest BCUT2D eigenvalue weighted by atomic mass is 9.70. The number of alkyl halides is 1. The Morgan fingerprint density at radius 1 is 1.35 bits per heavy atom. The van der Waals surface area contributed by atoms with Gasteiger partial charge in [0.2, 0.25) is 17.7 Å². The Bertz CT molecular complexity index is 940. The zero-order valence-corrected chi connectivity index (χ0v) is 19.6. The van der Waals surface area contributed by atoms with E-state index < -0.39 is 35.6 Å². The molecule has 4 rings (SSSR count). The predicted molar refractivity (Wildman–Crippen MR) is 118 cm³/mol. The second-order valence-electron chi connectivity index (χ2n) is 8.86. The van der Waals surface area contributed by atoms with Crippen molar-refractivity contribution in [3.63, 3.8) is 0 Å². The Kier molecular flexibility index (Phi) is 5.64. The Morgan fingerprint density at radius 3 is 2.71 bits per heavy atom. The Balaban J connectivity index is 1.77. The van der Waals surface area contributed by atoms with Crippen molar-refractivity contribution >= 4 is 39.3 Å². The standard InChI is InChI=1S/C22H28BrN3O5/c1-10-5-6-11(2)14(7-10)25-20(29)18-22-8-13(23)17(31-22)15(19(28)24-4)16(22)21(30)26(18)12(3)9-27/h5-7,12-13,15-18,27H,8-9H2,1-4H3,(H,24,28)(H,25,29)/t12-,13?,15+,16+,17+,18?,22?/m1/s1. The third kappa shape index (κ3) is 3.20. The summed E-state index contributed by atoms with van der Waals surface area (Å²) in [7, 11) is 1.53. The number of nitrogens with zero attached hydrogens (tertiary/aromatic N) is 1. The summed E-state index contributed by atoms with van der Waals surface area (Å²) in [4.78, 5) is 41.2. The van der Waals surface area contributed by atoms with E-state index in [9.17, 15) is 19.5 Å². The van der Waals surface area contributed by atoms with Gasteiger partial charge in [-0.25, -0.2) is 0 Å². The maximum Gasteiger partial charge on any atom is 0.250 e. The maximum absolute atomic E-state index is 13.7. The highest BCUT2D eigenvalue weighted by molar-refractivity contribution is 9.09. The van der Waals surface area contributed by atoms with Crippen molar-refractivity contribution in [2.24, 2.45) is 11.8 Å². The number of carbonyl (C=O) groups is 3. The molecule has 0 radical (unpaired) electrons. The number of fused-ring (bicyclic) bond motifs is 1. The van der Waals surface area contributed by atoms with Crippen molar-refractivity contribution in [2.45, 2.75) is 55.8 Å². The second-order valence-corrected chi connectivity index (χ2v) is 10.0. The number of aryl methyl sites for hydroxylation is 2. The second kappa shape index (κ2) is 7.86. The predicted octanol–water partition coefficient (Wildman–Crippen LogP) is 1.12. The molecule has 3 unspecified atom stereocenters. The van der Waals surface area contributed by atoms with Crippen LogP contribution in [0, 0.1) is 25.7 Å². The summed E-state index contributed by atoms with van der Waals surface area (Å²) >= 11 is 3.61. The summed E-state index contributed by atoms with van der Waals surface area (Å²) in [6.07, 6.45) is -0.0577. The van der Waals surface area contributed by atoms with Crippen LogP contribution in [0.5, 0.6) is 0 Å². The van der Waals surface area contributed by atoms with Crippen LogP contribution in [0.4, 0.5) is 5.69 Å². The van der Waals surface area contributed by atoms with Crippen LogP contribution in [0.1, 0.15) is 24.5 Å². The highest BCUT2D eigenvalue weighted by Crippen LogP contribution is 2.60. The van der Waals surface area contributed by atoms with Crippen LogP contribution in [0.2, 0.25) is 0 Å². The smallest absolute Gasteiger partial charge is 0.250 e. The molecular formula is C22H28BrN3O5. The number of ether oxygens (including phenoxy) is 1. The van der Waals surface area contributed by atoms with Crippen molar-refractivity contribution < 1.29 is 24.2 Å². The summed E-state index contributed by atoms with van der Waals surface area (Å²) in [6, 6.07) is 4.22. The number of carbonyl (C=O) groups excluding carboxylic acids is 3. The van der Waals surface area contributed by atoms with Gasteiger partial charge in [-0.2, -0.15) is 0 Å². The highest BCUT2D eigenvalue weighted by atomic mass is 79.9. The van der Waals surface area contributed by atoms with Crippen molar-refractivity contribution in [2.75, 3.05) is 19.0 Å². The molecule has 9 heteroatoms. The molecule has 1 spiro atoms. The van der Waals surface area contributed by atoms with Crippen LogP contribution in [-0.4, -0.2) is 70.0 Å². The van der Waals surface area contributed by atoms with E-state index in [1.807, 2.05) is 32.0 Å². The fraction of sp³-hybridized carbons (Fsp3) is 0.591. The number of nitrogens with one attached hydrogen (secondary N) is 2. The SMILES string of the molecule is CNC(=O)[C@H]1[C@H]2C(=O)N([C@H](C)CO)C(C(=O)Nc3cc(C)ccc3C)C23CC(Br)[C@@H]1O3. The first kappa shape index (κ1) is 22.2. The molecule has 0 saturated carbocycles. The average Bonchev–Trinajstić information content (AvgIpc) is 3.33. The first-order valence-corrected chi connectivity index (χ1v) is 11.4. The molecule has 3 N–H and O–H groups in total. The van der Waals surface area contributed by atoms with Gasteiger partial charge in [0.05, 0.1) is 30.6 Å². The van der Waals surface area contributed by atoms with Crippen molar-refractivity contribution in [1.82, 2.24) is 10.2 Å². The van der Waals surface area contributed by atoms with Crippen molar-refractivity contribution in [3.05, 3.63) is 29.3 Å². The molecule has 8 nitrogen and oxygen atoms in total. The summed E-state index contributed by atoms with van der Waals surface area (Å²) in [5.74, 6) is -2.43. The largest absolute Gasteiger partial charge is 0.394 e. The summed E-state index contributed by atoms with van der Waals surface area (Å²) < 4.78 is 6.34. The number of rotatable bonds is 5. The minimum absolute atomic E-state index is 0.153. The molecule has 3 amide bonds. The van der Waals surface area contributed by atoms with Gasteiger partial charge in [0.1, 0.15) is 11.6 Å². The Labute approximate surface area is 189 Å². The average molecular weight is 494 g/mol. The van der Waals surface area contributed by atoms with Crippen molar-refractivity contribution in [1.29, 1.82) is 0 Å². The molecule has 3 heterocycles. The van der Waals surface area contributed by atoms with Crippen LogP contribution in [0.15, 0.2) is 18.2 Å². The van der Waals surface area contributed by atoms with Gasteiger partial charge in [0, 0.05) is 17.6 Å². The molecule has 168 valence electrons. The fourth-order valence-electron chi connectivity index (χ4n) is 5.47. The van der Waals surface area contributed by atoms with Crippen LogP contribution in [-0.2, 0) is 19.1 Å². The third-order valence-electron chi connectivity index (χ3n) is 6.91. The first-order chi connectivity index (χ1) is 14.7. The van der Waals surface area contributed by atoms with Crippen LogP contribution < -0.4 is 10.6 Å². The lowest BCUT2D eigenvalue weighted by molar-refractivity contribution is -0.143. The van der Waals surface area contributed by atoms with E-state index >= 15 is 0 Å². The number of hydrogen-bond donors (Lipinski definition) is 3. The summed E-state index contributed by atoms with van der Waals surface area (Å²) in [5.41, 5.74) is 1.44. The molecule has 2 bridgehead atoms. The molecular weight excluding hydrogens is 466 g/mol. The van der Waals surface area contributed by atoms with Crippen LogP contribution >= 0.6 is 15.9 Å². The number of aliphatic hydroxyl groups excluding tert-OH is 1. The number of hydrogen-bond acceptors (Lipinski definition) is 5. The zero-order valence-electron chi connectivity index (χ0n) is 18.0. The van der Waals surface area contributed by atoms with E-state index in [-0.39, 0.29) is 29.2 Å². The molecule has 3 aliphatic heterocycles. The lowest BCUT2D eigenvalue weighted by Crippen LogP contribution is -2.56. The van der Waals surface area contributed by atoms with Gasteiger partial charge in [-0.1, -0.05) is 28.1 Å². The van der Waals surface area contributed by atoms with Gasteiger partial charge in [0.15, 0.2) is 0 Å². The molecule has 0 aliphatic carbocycles. The molecule has 3 fully saturated rings. The number of halogens is 1. The number of amides is 3. The fourth-order valence-corrected chi connectivity index (χ4v) is 6.41. The van der Waals surface area contributed by atoms with Gasteiger partial charge in [-0.05, 0) is 44.4 Å². The lowest BCUT2D eigenvalue weighted by Gasteiger charge is -2.35. The van der Waals surface area contributed by atoms with Crippen LogP contribution in [0.3, 0.4) is 0 Å². The molecule has 3 aliphatic rings. The number of anilines is 1. The van der Waals surface area contributed by atoms with E-state index in [0.717, 1.165) is 11.1 Å². The molecule has 7 atom stereocenters.